The molecule has 2 N–H and O–H groups in total. The summed E-state index contributed by atoms with van der Waals surface area (Å²) >= 11 is 0. The Kier molecular flexibility index (Phi) is 3.84. The third-order valence-corrected chi connectivity index (χ3v) is 3.84. The Morgan fingerprint density at radius 2 is 1.95 bits per heavy atom. The van der Waals surface area contributed by atoms with Crippen LogP contribution in [0.15, 0.2) is 30.3 Å². The minimum absolute atomic E-state index is 0.0994. The highest BCUT2D eigenvalue weighted by Crippen LogP contribution is 2.24. The van der Waals surface area contributed by atoms with Crippen LogP contribution in [0.1, 0.15) is 36.5 Å². The molecule has 1 aromatic carbocycles. The number of fused-ring (bicyclic) bond motifs is 3. The first-order valence-corrected chi connectivity index (χ1v) is 7.72. The van der Waals surface area contributed by atoms with Crippen LogP contribution in [0, 0.1) is 12.8 Å². The molecule has 0 aliphatic rings. The fourth-order valence-corrected chi connectivity index (χ4v) is 2.56. The van der Waals surface area contributed by atoms with Crippen LogP contribution in [0.25, 0.3) is 21.8 Å². The SMILES string of the molecule is Cc1ccc2ccc3cc(C(=O)NCCC(C)C)nc3c2[nH]1. The van der Waals surface area contributed by atoms with Crippen LogP contribution in [-0.4, -0.2) is 22.4 Å². The summed E-state index contributed by atoms with van der Waals surface area (Å²) in [4.78, 5) is 20.1. The van der Waals surface area contributed by atoms with Gasteiger partial charge in [-0.05, 0) is 31.4 Å². The van der Waals surface area contributed by atoms with Gasteiger partial charge in [-0.3, -0.25) is 4.79 Å². The molecular weight excluding hydrogens is 274 g/mol. The molecular formula is C18H21N3O. The van der Waals surface area contributed by atoms with Gasteiger partial charge in [-0.1, -0.05) is 32.0 Å². The topological polar surface area (TPSA) is 57.8 Å². The van der Waals surface area contributed by atoms with Crippen molar-refractivity contribution in [3.8, 4) is 0 Å². The molecule has 4 heteroatoms. The van der Waals surface area contributed by atoms with Crippen LogP contribution < -0.4 is 5.32 Å². The maximum absolute atomic E-state index is 12.2. The van der Waals surface area contributed by atoms with E-state index in [0.29, 0.717) is 18.2 Å². The van der Waals surface area contributed by atoms with Crippen molar-refractivity contribution in [1.29, 1.82) is 0 Å². The van der Waals surface area contributed by atoms with Crippen molar-refractivity contribution in [3.05, 3.63) is 41.7 Å². The molecule has 0 saturated carbocycles. The Hall–Kier alpha value is -2.36. The van der Waals surface area contributed by atoms with Gasteiger partial charge in [0.1, 0.15) is 5.69 Å². The first-order valence-electron chi connectivity index (χ1n) is 7.72. The number of H-pyrrole nitrogens is 1. The third kappa shape index (κ3) is 2.82. The molecule has 0 radical (unpaired) electrons. The van der Waals surface area contributed by atoms with Crippen molar-refractivity contribution in [2.24, 2.45) is 5.92 Å². The molecule has 22 heavy (non-hydrogen) atoms. The van der Waals surface area contributed by atoms with E-state index in [1.807, 2.05) is 25.1 Å². The Bertz CT molecular complexity index is 833. The number of aromatic amines is 1. The summed E-state index contributed by atoms with van der Waals surface area (Å²) in [6, 6.07) is 10.0. The van der Waals surface area contributed by atoms with Crippen molar-refractivity contribution < 1.29 is 4.79 Å². The first-order chi connectivity index (χ1) is 10.5. The standard InChI is InChI=1S/C18H21N3O/c1-11(2)8-9-19-18(22)15-10-14-7-6-13-5-4-12(3)20-16(13)17(14)21-15/h4-7,10-11,20H,8-9H2,1-3H3,(H,19,22). The lowest BCUT2D eigenvalue weighted by molar-refractivity contribution is 0.0948. The third-order valence-electron chi connectivity index (χ3n) is 3.84. The second-order valence-corrected chi connectivity index (χ2v) is 6.19. The highest BCUT2D eigenvalue weighted by Gasteiger charge is 2.12. The van der Waals surface area contributed by atoms with Gasteiger partial charge in [0.05, 0.1) is 11.0 Å². The average Bonchev–Trinajstić information content (AvgIpc) is 2.91. The molecule has 114 valence electrons. The summed E-state index contributed by atoms with van der Waals surface area (Å²) < 4.78 is 0. The van der Waals surface area contributed by atoms with Gasteiger partial charge in [-0.25, -0.2) is 4.98 Å². The van der Waals surface area contributed by atoms with E-state index >= 15 is 0 Å². The van der Waals surface area contributed by atoms with Crippen molar-refractivity contribution >= 4 is 27.7 Å². The zero-order valence-corrected chi connectivity index (χ0v) is 13.2. The van der Waals surface area contributed by atoms with Crippen LogP contribution in [0.4, 0.5) is 0 Å². The summed E-state index contributed by atoms with van der Waals surface area (Å²) in [6.45, 7) is 6.99. The number of hydrogen-bond donors (Lipinski definition) is 2. The number of aromatic nitrogens is 2. The molecule has 4 nitrogen and oxygen atoms in total. The lowest BCUT2D eigenvalue weighted by Gasteiger charge is -2.05. The highest BCUT2D eigenvalue weighted by molar-refractivity contribution is 6.07. The van der Waals surface area contributed by atoms with E-state index in [-0.39, 0.29) is 5.91 Å². The minimum Gasteiger partial charge on any atom is -0.357 e. The molecule has 0 aliphatic carbocycles. The number of benzene rings is 1. The number of hydrogen-bond acceptors (Lipinski definition) is 2. The Morgan fingerprint density at radius 3 is 2.73 bits per heavy atom. The van der Waals surface area contributed by atoms with Gasteiger partial charge in [-0.15, -0.1) is 0 Å². The van der Waals surface area contributed by atoms with E-state index in [2.05, 4.69) is 41.3 Å². The van der Waals surface area contributed by atoms with Gasteiger partial charge in [0.15, 0.2) is 0 Å². The van der Waals surface area contributed by atoms with Crippen LogP contribution in [0.2, 0.25) is 0 Å². The van der Waals surface area contributed by atoms with Crippen LogP contribution in [-0.2, 0) is 0 Å². The molecule has 0 fully saturated rings. The maximum atomic E-state index is 12.2. The Morgan fingerprint density at radius 1 is 1.23 bits per heavy atom. The predicted molar refractivity (Wildman–Crippen MR) is 90.1 cm³/mol. The maximum Gasteiger partial charge on any atom is 0.269 e. The first kappa shape index (κ1) is 14.6. The number of amides is 1. The summed E-state index contributed by atoms with van der Waals surface area (Å²) in [5.74, 6) is 0.478. The van der Waals surface area contributed by atoms with Crippen molar-refractivity contribution in [3.63, 3.8) is 0 Å². The molecule has 2 aromatic heterocycles. The molecule has 0 atom stereocenters. The summed E-state index contributed by atoms with van der Waals surface area (Å²) in [6.07, 6.45) is 0.974. The lowest BCUT2D eigenvalue weighted by Crippen LogP contribution is -2.25. The zero-order chi connectivity index (χ0) is 15.7. The van der Waals surface area contributed by atoms with E-state index < -0.39 is 0 Å². The van der Waals surface area contributed by atoms with E-state index in [1.54, 1.807) is 0 Å². The summed E-state index contributed by atoms with van der Waals surface area (Å²) in [7, 11) is 0. The Labute approximate surface area is 129 Å². The van der Waals surface area contributed by atoms with Crippen LogP contribution in [0.5, 0.6) is 0 Å². The molecule has 0 spiro atoms. The quantitative estimate of drug-likeness (QED) is 0.769. The second kappa shape index (κ2) is 5.79. The van der Waals surface area contributed by atoms with Crippen molar-refractivity contribution in [1.82, 2.24) is 15.3 Å². The van der Waals surface area contributed by atoms with Crippen LogP contribution in [0.3, 0.4) is 0 Å². The fraction of sp³-hybridized carbons (Fsp3) is 0.333. The number of pyridine rings is 1. The normalized spacial score (nSPS) is 11.5. The van der Waals surface area contributed by atoms with E-state index in [9.17, 15) is 4.79 Å². The molecule has 0 unspecified atom stereocenters. The predicted octanol–water partition coefficient (Wildman–Crippen LogP) is 3.80. The minimum atomic E-state index is -0.0994. The molecule has 3 aromatic rings. The molecule has 0 saturated heterocycles. The highest BCUT2D eigenvalue weighted by atomic mass is 16.1. The molecule has 2 heterocycles. The van der Waals surface area contributed by atoms with E-state index in [4.69, 9.17) is 0 Å². The lowest BCUT2D eigenvalue weighted by atomic mass is 10.1. The van der Waals surface area contributed by atoms with Gasteiger partial charge in [-0.2, -0.15) is 0 Å². The fourth-order valence-electron chi connectivity index (χ4n) is 2.56. The number of carbonyl (C=O) groups is 1. The smallest absolute Gasteiger partial charge is 0.269 e. The number of aryl methyl sites for hydroxylation is 1. The van der Waals surface area contributed by atoms with Gasteiger partial charge in [0, 0.05) is 23.0 Å². The van der Waals surface area contributed by atoms with Gasteiger partial charge in [0.2, 0.25) is 0 Å². The monoisotopic (exact) mass is 295 g/mol. The second-order valence-electron chi connectivity index (χ2n) is 6.19. The van der Waals surface area contributed by atoms with Crippen molar-refractivity contribution in [2.75, 3.05) is 6.54 Å². The Balaban J connectivity index is 1.94. The van der Waals surface area contributed by atoms with Crippen LogP contribution >= 0.6 is 0 Å². The van der Waals surface area contributed by atoms with Crippen molar-refractivity contribution in [2.45, 2.75) is 27.2 Å². The van der Waals surface area contributed by atoms with Gasteiger partial charge in [0.25, 0.3) is 5.91 Å². The molecule has 1 amide bonds. The number of carbonyl (C=O) groups excluding carboxylic acids is 1. The summed E-state index contributed by atoms with van der Waals surface area (Å²) in [5.41, 5.74) is 3.40. The van der Waals surface area contributed by atoms with Gasteiger partial charge < -0.3 is 10.3 Å². The van der Waals surface area contributed by atoms with E-state index in [1.165, 1.54) is 0 Å². The number of rotatable bonds is 4. The van der Waals surface area contributed by atoms with Gasteiger partial charge >= 0.3 is 0 Å². The zero-order valence-electron chi connectivity index (χ0n) is 13.2. The number of nitrogens with one attached hydrogen (secondary N) is 2. The molecule has 0 aliphatic heterocycles. The van der Waals surface area contributed by atoms with E-state index in [0.717, 1.165) is 33.9 Å². The molecule has 3 rings (SSSR count). The average molecular weight is 295 g/mol. The molecule has 0 bridgehead atoms. The number of nitrogens with zero attached hydrogens (tertiary/aromatic N) is 1. The summed E-state index contributed by atoms with van der Waals surface area (Å²) in [5, 5.41) is 5.03. The largest absolute Gasteiger partial charge is 0.357 e.